The van der Waals surface area contributed by atoms with Crippen molar-refractivity contribution < 1.29 is 33.3 Å². The predicted molar refractivity (Wildman–Crippen MR) is 114 cm³/mol. The molecular formula is C24H26O7. The molecule has 0 amide bonds. The second kappa shape index (κ2) is 13.6. The van der Waals surface area contributed by atoms with Gasteiger partial charge in [0.2, 0.25) is 0 Å². The van der Waals surface area contributed by atoms with Gasteiger partial charge in [0.15, 0.2) is 0 Å². The average Bonchev–Trinajstić information content (AvgIpc) is 2.79. The molecule has 164 valence electrons. The number of esters is 2. The number of hydrogen-bond donors (Lipinski definition) is 0. The zero-order valence-corrected chi connectivity index (χ0v) is 17.3. The Labute approximate surface area is 181 Å². The maximum atomic E-state index is 11.8. The highest BCUT2D eigenvalue weighted by Gasteiger charge is 2.14. The lowest BCUT2D eigenvalue weighted by molar-refractivity contribution is -0.137. The molecule has 31 heavy (non-hydrogen) atoms. The Morgan fingerprint density at radius 3 is 2.06 bits per heavy atom. The summed E-state index contributed by atoms with van der Waals surface area (Å²) in [6.45, 7) is 4.33. The molecular weight excluding hydrogens is 400 g/mol. The number of benzene rings is 2. The molecule has 0 fully saturated rings. The van der Waals surface area contributed by atoms with E-state index in [1.54, 1.807) is 54.6 Å². The second-order valence-electron chi connectivity index (χ2n) is 6.57. The highest BCUT2D eigenvalue weighted by atomic mass is 16.7. The second-order valence-corrected chi connectivity index (χ2v) is 6.57. The Morgan fingerprint density at radius 1 is 0.774 bits per heavy atom. The topological polar surface area (TPSA) is 88.1 Å². The molecule has 2 aromatic carbocycles. The average molecular weight is 426 g/mol. The van der Waals surface area contributed by atoms with Crippen LogP contribution in [0.4, 0.5) is 4.79 Å². The predicted octanol–water partition coefficient (Wildman–Crippen LogP) is 5.10. The van der Waals surface area contributed by atoms with Crippen LogP contribution in [0.1, 0.15) is 42.5 Å². The van der Waals surface area contributed by atoms with Crippen LogP contribution in [-0.2, 0) is 14.3 Å². The quantitative estimate of drug-likeness (QED) is 0.153. The van der Waals surface area contributed by atoms with E-state index in [1.165, 1.54) is 0 Å². The van der Waals surface area contributed by atoms with Crippen molar-refractivity contribution in [3.8, 4) is 11.5 Å². The molecule has 7 heteroatoms. The van der Waals surface area contributed by atoms with Gasteiger partial charge in [0.05, 0.1) is 18.8 Å². The minimum Gasteiger partial charge on any atom is -0.494 e. The van der Waals surface area contributed by atoms with Gasteiger partial charge in [0.25, 0.3) is 0 Å². The van der Waals surface area contributed by atoms with Crippen LogP contribution < -0.4 is 9.47 Å². The minimum absolute atomic E-state index is 0.246. The summed E-state index contributed by atoms with van der Waals surface area (Å²) in [5.74, 6) is -0.265. The van der Waals surface area contributed by atoms with Crippen LogP contribution in [-0.4, -0.2) is 31.3 Å². The van der Waals surface area contributed by atoms with Crippen LogP contribution in [0.3, 0.4) is 0 Å². The number of unbranched alkanes of at least 4 members (excludes halogenated alkanes) is 4. The molecule has 0 aliphatic rings. The molecule has 0 saturated carbocycles. The lowest BCUT2D eigenvalue weighted by Crippen LogP contribution is -2.16. The molecule has 0 spiro atoms. The van der Waals surface area contributed by atoms with Gasteiger partial charge in [-0.15, -0.1) is 0 Å². The summed E-state index contributed by atoms with van der Waals surface area (Å²) in [4.78, 5) is 34.4. The molecule has 2 aromatic rings. The highest BCUT2D eigenvalue weighted by molar-refractivity contribution is 5.95. The minimum atomic E-state index is -1.10. The molecule has 0 aliphatic heterocycles. The third-order valence-corrected chi connectivity index (χ3v) is 4.18. The van der Waals surface area contributed by atoms with E-state index in [0.29, 0.717) is 19.0 Å². The van der Waals surface area contributed by atoms with E-state index in [2.05, 4.69) is 11.3 Å². The van der Waals surface area contributed by atoms with Crippen LogP contribution in [0, 0.1) is 0 Å². The first-order chi connectivity index (χ1) is 15.1. The summed E-state index contributed by atoms with van der Waals surface area (Å²) >= 11 is 0. The molecule has 0 unspecified atom stereocenters. The van der Waals surface area contributed by atoms with Gasteiger partial charge in [-0.25, -0.2) is 14.4 Å². The largest absolute Gasteiger partial charge is 0.521 e. The molecule has 0 atom stereocenters. The monoisotopic (exact) mass is 426 g/mol. The van der Waals surface area contributed by atoms with Crippen LogP contribution in [0.2, 0.25) is 0 Å². The van der Waals surface area contributed by atoms with Gasteiger partial charge in [-0.3, -0.25) is 0 Å². The Bertz CT molecular complexity index is 844. The van der Waals surface area contributed by atoms with Gasteiger partial charge >= 0.3 is 18.1 Å². The van der Waals surface area contributed by atoms with Crippen LogP contribution in [0.5, 0.6) is 11.5 Å². The standard InChI is InChI=1S/C24H26O7/c1-2-22(25)29-18-10-5-3-4-9-17-28-20-13-15-21(16-14-20)30-24(27)31-23(26)19-11-7-6-8-12-19/h2,6-8,11-16H,1,3-5,9-10,17-18H2. The van der Waals surface area contributed by atoms with Crippen molar-refractivity contribution in [2.45, 2.75) is 32.1 Å². The summed E-state index contributed by atoms with van der Waals surface area (Å²) in [7, 11) is 0. The van der Waals surface area contributed by atoms with Crippen molar-refractivity contribution in [1.29, 1.82) is 0 Å². The molecule has 0 heterocycles. The van der Waals surface area contributed by atoms with E-state index >= 15 is 0 Å². The summed E-state index contributed by atoms with van der Waals surface area (Å²) in [5.41, 5.74) is 0.263. The van der Waals surface area contributed by atoms with Crippen LogP contribution in [0.15, 0.2) is 67.3 Å². The molecule has 0 bridgehead atoms. The number of carbonyl (C=O) groups is 3. The van der Waals surface area contributed by atoms with E-state index < -0.39 is 12.1 Å². The van der Waals surface area contributed by atoms with Gasteiger partial charge in [0.1, 0.15) is 11.5 Å². The fraction of sp³-hybridized carbons (Fsp3) is 0.292. The number of carbonyl (C=O) groups excluding carboxylic acids is 3. The Morgan fingerprint density at radius 2 is 1.39 bits per heavy atom. The van der Waals surface area contributed by atoms with Crippen molar-refractivity contribution in [2.24, 2.45) is 0 Å². The fourth-order valence-corrected chi connectivity index (χ4v) is 2.59. The van der Waals surface area contributed by atoms with Crippen molar-refractivity contribution in [2.75, 3.05) is 13.2 Å². The van der Waals surface area contributed by atoms with Crippen molar-refractivity contribution >= 4 is 18.1 Å². The van der Waals surface area contributed by atoms with Crippen molar-refractivity contribution in [3.63, 3.8) is 0 Å². The number of rotatable bonds is 12. The molecule has 0 aliphatic carbocycles. The van der Waals surface area contributed by atoms with Crippen molar-refractivity contribution in [1.82, 2.24) is 0 Å². The third-order valence-electron chi connectivity index (χ3n) is 4.18. The number of ether oxygens (including phenoxy) is 4. The van der Waals surface area contributed by atoms with E-state index in [1.807, 2.05) is 0 Å². The van der Waals surface area contributed by atoms with Gasteiger partial charge in [-0.1, -0.05) is 44.0 Å². The molecule has 0 aromatic heterocycles. The Balaban J connectivity index is 1.58. The molecule has 7 nitrogen and oxygen atoms in total. The van der Waals surface area contributed by atoms with Crippen LogP contribution >= 0.6 is 0 Å². The molecule has 2 rings (SSSR count). The van der Waals surface area contributed by atoms with Crippen molar-refractivity contribution in [3.05, 3.63) is 72.8 Å². The fourth-order valence-electron chi connectivity index (χ4n) is 2.59. The zero-order chi connectivity index (χ0) is 22.3. The Kier molecular flexibility index (Phi) is 10.4. The summed E-state index contributed by atoms with van der Waals surface area (Å²) in [6, 6.07) is 14.7. The SMILES string of the molecule is C=CC(=O)OCCCCCCCOc1ccc(OC(=O)OC(=O)c2ccccc2)cc1. The lowest BCUT2D eigenvalue weighted by Gasteiger charge is -2.08. The first-order valence-corrected chi connectivity index (χ1v) is 10.1. The molecule has 0 saturated heterocycles. The van der Waals surface area contributed by atoms with E-state index in [-0.39, 0.29) is 17.3 Å². The van der Waals surface area contributed by atoms with E-state index in [4.69, 9.17) is 14.2 Å². The van der Waals surface area contributed by atoms with Crippen LogP contribution in [0.25, 0.3) is 0 Å². The number of hydrogen-bond acceptors (Lipinski definition) is 7. The summed E-state index contributed by atoms with van der Waals surface area (Å²) in [5, 5.41) is 0. The van der Waals surface area contributed by atoms with Gasteiger partial charge in [0, 0.05) is 6.08 Å². The maximum absolute atomic E-state index is 11.8. The first-order valence-electron chi connectivity index (χ1n) is 10.1. The first kappa shape index (κ1) is 23.7. The van der Waals surface area contributed by atoms with E-state index in [9.17, 15) is 14.4 Å². The molecule has 0 radical (unpaired) electrons. The normalized spacial score (nSPS) is 10.1. The van der Waals surface area contributed by atoms with Gasteiger partial charge in [-0.05, 0) is 49.2 Å². The zero-order valence-electron chi connectivity index (χ0n) is 17.3. The smallest absolute Gasteiger partial charge is 0.494 e. The lowest BCUT2D eigenvalue weighted by atomic mass is 10.1. The maximum Gasteiger partial charge on any atom is 0.521 e. The Hall–Kier alpha value is -3.61. The van der Waals surface area contributed by atoms with E-state index in [0.717, 1.165) is 38.2 Å². The summed E-state index contributed by atoms with van der Waals surface area (Å²) in [6.07, 6.45) is 4.83. The summed E-state index contributed by atoms with van der Waals surface area (Å²) < 4.78 is 20.2. The van der Waals surface area contributed by atoms with Gasteiger partial charge in [-0.2, -0.15) is 0 Å². The third kappa shape index (κ3) is 9.62. The van der Waals surface area contributed by atoms with Gasteiger partial charge < -0.3 is 18.9 Å². The highest BCUT2D eigenvalue weighted by Crippen LogP contribution is 2.19. The molecule has 0 N–H and O–H groups in total.